The Labute approximate surface area is 89.9 Å². The number of nitrogens with zero attached hydrogens (tertiary/aromatic N) is 2. The molecule has 0 saturated heterocycles. The first-order valence-corrected chi connectivity index (χ1v) is 5.31. The van der Waals surface area contributed by atoms with Crippen LogP contribution in [0.3, 0.4) is 0 Å². The zero-order valence-corrected chi connectivity index (χ0v) is 9.50. The van der Waals surface area contributed by atoms with Gasteiger partial charge < -0.3 is 4.90 Å². The third-order valence-electron chi connectivity index (χ3n) is 2.30. The summed E-state index contributed by atoms with van der Waals surface area (Å²) in [5.41, 5.74) is 1.02. The second kappa shape index (κ2) is 5.38. The second-order valence-electron chi connectivity index (χ2n) is 3.23. The minimum atomic E-state index is -0.103. The van der Waals surface area contributed by atoms with Gasteiger partial charge in [0, 0.05) is 24.8 Å². The number of nitrogens with one attached hydrogen (secondary N) is 2. The van der Waals surface area contributed by atoms with E-state index in [1.54, 1.807) is 4.90 Å². The van der Waals surface area contributed by atoms with Crippen LogP contribution in [0.1, 0.15) is 26.5 Å². The van der Waals surface area contributed by atoms with E-state index in [4.69, 9.17) is 0 Å². The molecule has 15 heavy (non-hydrogen) atoms. The summed E-state index contributed by atoms with van der Waals surface area (Å²) in [6, 6.07) is 1.75. The van der Waals surface area contributed by atoms with Gasteiger partial charge in [0.05, 0.1) is 0 Å². The van der Waals surface area contributed by atoms with Crippen molar-refractivity contribution in [2.45, 2.75) is 27.2 Å². The summed E-state index contributed by atoms with van der Waals surface area (Å²) in [7, 11) is 0. The van der Waals surface area contributed by atoms with Crippen LogP contribution in [-0.2, 0) is 6.42 Å². The highest BCUT2D eigenvalue weighted by molar-refractivity contribution is 5.88. The van der Waals surface area contributed by atoms with Gasteiger partial charge in [0.2, 0.25) is 0 Å². The number of carbonyl (C=O) groups excluding carboxylic acids is 1. The molecule has 5 heteroatoms. The van der Waals surface area contributed by atoms with Crippen LogP contribution in [0, 0.1) is 0 Å². The molecule has 1 aromatic heterocycles. The maximum absolute atomic E-state index is 11.6. The smallest absolute Gasteiger partial charge is 0.323 e. The van der Waals surface area contributed by atoms with Gasteiger partial charge in [0.15, 0.2) is 5.82 Å². The lowest BCUT2D eigenvalue weighted by molar-refractivity contribution is 0.217. The number of urea groups is 1. The standard InChI is InChI=1S/C10H18N4O/c1-4-8-7-9(13-12-8)11-10(15)14(5-2)6-3/h7H,4-6H2,1-3H3,(H2,11,12,13,15). The van der Waals surface area contributed by atoms with Gasteiger partial charge in [-0.1, -0.05) is 6.92 Å². The van der Waals surface area contributed by atoms with Gasteiger partial charge in [-0.25, -0.2) is 4.79 Å². The van der Waals surface area contributed by atoms with E-state index in [2.05, 4.69) is 15.5 Å². The summed E-state index contributed by atoms with van der Waals surface area (Å²) in [6.45, 7) is 7.33. The maximum Gasteiger partial charge on any atom is 0.323 e. The first-order chi connectivity index (χ1) is 7.21. The largest absolute Gasteiger partial charge is 0.325 e. The van der Waals surface area contributed by atoms with Crippen molar-refractivity contribution in [3.05, 3.63) is 11.8 Å². The highest BCUT2D eigenvalue weighted by Crippen LogP contribution is 2.06. The Hall–Kier alpha value is -1.52. The number of anilines is 1. The lowest BCUT2D eigenvalue weighted by atomic mass is 10.3. The van der Waals surface area contributed by atoms with Crippen molar-refractivity contribution in [1.29, 1.82) is 0 Å². The normalized spacial score (nSPS) is 10.1. The van der Waals surface area contributed by atoms with Crippen LogP contribution in [0.15, 0.2) is 6.07 Å². The van der Waals surface area contributed by atoms with Crippen LogP contribution < -0.4 is 5.32 Å². The number of aryl methyl sites for hydroxylation is 1. The first-order valence-electron chi connectivity index (χ1n) is 5.31. The fraction of sp³-hybridized carbons (Fsp3) is 0.600. The van der Waals surface area contributed by atoms with E-state index in [0.29, 0.717) is 18.9 Å². The molecule has 0 radical (unpaired) electrons. The molecule has 0 aliphatic carbocycles. The summed E-state index contributed by atoms with van der Waals surface area (Å²) >= 11 is 0. The van der Waals surface area contributed by atoms with E-state index in [0.717, 1.165) is 12.1 Å². The molecule has 5 nitrogen and oxygen atoms in total. The van der Waals surface area contributed by atoms with Crippen molar-refractivity contribution < 1.29 is 4.79 Å². The SMILES string of the molecule is CCc1cc(NC(=O)N(CC)CC)n[nH]1. The Morgan fingerprint density at radius 2 is 2.13 bits per heavy atom. The second-order valence-corrected chi connectivity index (χ2v) is 3.23. The Kier molecular flexibility index (Phi) is 4.15. The average Bonchev–Trinajstić information content (AvgIpc) is 2.67. The Bertz CT molecular complexity index is 317. The van der Waals surface area contributed by atoms with Crippen molar-refractivity contribution in [1.82, 2.24) is 15.1 Å². The molecule has 0 fully saturated rings. The van der Waals surface area contributed by atoms with Crippen LogP contribution in [0.2, 0.25) is 0 Å². The summed E-state index contributed by atoms with van der Waals surface area (Å²) in [6.07, 6.45) is 0.883. The molecule has 84 valence electrons. The average molecular weight is 210 g/mol. The molecule has 2 N–H and O–H groups in total. The third kappa shape index (κ3) is 2.97. The van der Waals surface area contributed by atoms with E-state index < -0.39 is 0 Å². The molecule has 0 aliphatic heterocycles. The van der Waals surface area contributed by atoms with Crippen molar-refractivity contribution >= 4 is 11.8 Å². The molecule has 0 unspecified atom stereocenters. The molecule has 0 atom stereocenters. The van der Waals surface area contributed by atoms with Crippen molar-refractivity contribution in [2.24, 2.45) is 0 Å². The number of H-pyrrole nitrogens is 1. The molecule has 2 amide bonds. The number of rotatable bonds is 4. The number of aromatic amines is 1. The summed E-state index contributed by atoms with van der Waals surface area (Å²) in [5, 5.41) is 9.59. The van der Waals surface area contributed by atoms with E-state index in [9.17, 15) is 4.79 Å². The fourth-order valence-electron chi connectivity index (χ4n) is 1.31. The third-order valence-corrected chi connectivity index (χ3v) is 2.30. The van der Waals surface area contributed by atoms with Crippen molar-refractivity contribution in [2.75, 3.05) is 18.4 Å². The van der Waals surface area contributed by atoms with Crippen LogP contribution >= 0.6 is 0 Å². The minimum Gasteiger partial charge on any atom is -0.325 e. The highest BCUT2D eigenvalue weighted by atomic mass is 16.2. The summed E-state index contributed by atoms with van der Waals surface area (Å²) in [4.78, 5) is 13.3. The number of carbonyl (C=O) groups is 1. The van der Waals surface area contributed by atoms with Gasteiger partial charge in [-0.05, 0) is 20.3 Å². The highest BCUT2D eigenvalue weighted by Gasteiger charge is 2.10. The molecular formula is C10H18N4O. The van der Waals surface area contributed by atoms with Crippen molar-refractivity contribution in [3.63, 3.8) is 0 Å². The molecule has 0 spiro atoms. The molecule has 0 saturated carbocycles. The number of hydrogen-bond donors (Lipinski definition) is 2. The van der Waals surface area contributed by atoms with E-state index in [1.807, 2.05) is 26.8 Å². The number of amides is 2. The van der Waals surface area contributed by atoms with Gasteiger partial charge in [0.25, 0.3) is 0 Å². The van der Waals surface area contributed by atoms with Gasteiger partial charge >= 0.3 is 6.03 Å². The molecule has 1 rings (SSSR count). The lowest BCUT2D eigenvalue weighted by Gasteiger charge is -2.17. The van der Waals surface area contributed by atoms with Gasteiger partial charge in [-0.15, -0.1) is 0 Å². The van der Waals surface area contributed by atoms with E-state index in [1.165, 1.54) is 0 Å². The Balaban J connectivity index is 2.57. The monoisotopic (exact) mass is 210 g/mol. The minimum absolute atomic E-state index is 0.103. The zero-order chi connectivity index (χ0) is 11.3. The van der Waals surface area contributed by atoms with Crippen LogP contribution in [0.25, 0.3) is 0 Å². The molecular weight excluding hydrogens is 192 g/mol. The molecule has 0 bridgehead atoms. The van der Waals surface area contributed by atoms with E-state index in [-0.39, 0.29) is 6.03 Å². The predicted molar refractivity (Wildman–Crippen MR) is 59.9 cm³/mol. The van der Waals surface area contributed by atoms with Gasteiger partial charge in [0.1, 0.15) is 0 Å². The first kappa shape index (κ1) is 11.6. The van der Waals surface area contributed by atoms with Gasteiger partial charge in [-0.3, -0.25) is 10.4 Å². The van der Waals surface area contributed by atoms with Crippen LogP contribution in [0.5, 0.6) is 0 Å². The molecule has 1 heterocycles. The van der Waals surface area contributed by atoms with E-state index >= 15 is 0 Å². The topological polar surface area (TPSA) is 61.0 Å². The number of hydrogen-bond acceptors (Lipinski definition) is 2. The molecule has 0 aliphatic rings. The van der Waals surface area contributed by atoms with Gasteiger partial charge in [-0.2, -0.15) is 5.10 Å². The summed E-state index contributed by atoms with van der Waals surface area (Å²) < 4.78 is 0. The number of aromatic nitrogens is 2. The fourth-order valence-corrected chi connectivity index (χ4v) is 1.31. The van der Waals surface area contributed by atoms with Crippen LogP contribution in [0.4, 0.5) is 10.6 Å². The predicted octanol–water partition coefficient (Wildman–Crippen LogP) is 1.85. The maximum atomic E-state index is 11.6. The Morgan fingerprint density at radius 3 is 2.60 bits per heavy atom. The zero-order valence-electron chi connectivity index (χ0n) is 9.50. The molecule has 0 aromatic carbocycles. The molecule has 1 aromatic rings. The van der Waals surface area contributed by atoms with Crippen LogP contribution in [-0.4, -0.2) is 34.2 Å². The summed E-state index contributed by atoms with van der Waals surface area (Å²) in [5.74, 6) is 0.587. The van der Waals surface area contributed by atoms with Crippen molar-refractivity contribution in [3.8, 4) is 0 Å². The Morgan fingerprint density at radius 1 is 1.47 bits per heavy atom. The quantitative estimate of drug-likeness (QED) is 0.796. The lowest BCUT2D eigenvalue weighted by Crippen LogP contribution is -2.34.